The van der Waals surface area contributed by atoms with Crippen molar-refractivity contribution in [3.8, 4) is 0 Å². The number of carbonyl (C=O) groups is 1. The van der Waals surface area contributed by atoms with Crippen LogP contribution in [0.1, 0.15) is 102 Å². The molecule has 208 valence electrons. The lowest BCUT2D eigenvalue weighted by Crippen LogP contribution is -2.27. The zero-order valence-corrected chi connectivity index (χ0v) is 23.6. The van der Waals surface area contributed by atoms with E-state index in [9.17, 15) is 4.79 Å². The highest BCUT2D eigenvalue weighted by atomic mass is 16.1. The molecule has 2 atom stereocenters. The summed E-state index contributed by atoms with van der Waals surface area (Å²) in [6, 6.07) is 8.77. The molecule has 4 aliphatic rings. The summed E-state index contributed by atoms with van der Waals surface area (Å²) in [7, 11) is 0. The van der Waals surface area contributed by atoms with E-state index in [0.29, 0.717) is 17.6 Å². The molecule has 2 unspecified atom stereocenters. The van der Waals surface area contributed by atoms with E-state index < -0.39 is 0 Å². The minimum absolute atomic E-state index is 0. The first-order valence-electron chi connectivity index (χ1n) is 14.8. The van der Waals surface area contributed by atoms with Crippen LogP contribution >= 0.6 is 0 Å². The third-order valence-electron chi connectivity index (χ3n) is 10.7. The normalized spacial score (nSPS) is 24.9. The predicted molar refractivity (Wildman–Crippen MR) is 165 cm³/mol. The Balaban J connectivity index is 0.000000141. The van der Waals surface area contributed by atoms with Crippen LogP contribution in [0.2, 0.25) is 0 Å². The lowest BCUT2D eigenvalue weighted by atomic mass is 9.68. The number of aromatic amines is 2. The second kappa shape index (κ2) is 9.57. The molecular weight excluding hydrogens is 492 g/mol. The Bertz CT molecular complexity index is 1720. The minimum atomic E-state index is 0. The number of hydrogen-bond donors (Lipinski definition) is 2. The van der Waals surface area contributed by atoms with Gasteiger partial charge in [0.1, 0.15) is 0 Å². The van der Waals surface area contributed by atoms with Gasteiger partial charge in [-0.3, -0.25) is 15.0 Å². The molecule has 0 bridgehead atoms. The molecule has 8 rings (SSSR count). The van der Waals surface area contributed by atoms with Gasteiger partial charge in [-0.1, -0.05) is 39.0 Å². The van der Waals surface area contributed by atoms with E-state index in [-0.39, 0.29) is 12.8 Å². The first kappa shape index (κ1) is 26.7. The van der Waals surface area contributed by atoms with Crippen LogP contribution in [-0.2, 0) is 17.6 Å². The van der Waals surface area contributed by atoms with Crippen molar-refractivity contribution in [1.82, 2.24) is 20.4 Å². The van der Waals surface area contributed by atoms with Gasteiger partial charge in [0.15, 0.2) is 5.78 Å². The maximum Gasteiger partial charge on any atom is 0.158 e. The molecule has 0 saturated heterocycles. The standard InChI is InChI=1S/C17H18N2O.C17H20N2.CH4/c1-3-17-7-6-15(20)10(2)16(17)11-4-5-14-13(9-18-19-14)12(11)8-17;1-3-17-8-4-5-11(2)16(17)12-6-7-15-14(10-18-19-15)13(12)9-17;/h4-5,9H,3,6-8H2,1-2H3,(H,18,19);6-7,10H,3-5,8-9H2,1-2H3,(H,18,19);1H4. The van der Waals surface area contributed by atoms with Crippen LogP contribution in [-0.4, -0.2) is 26.2 Å². The van der Waals surface area contributed by atoms with Crippen molar-refractivity contribution < 1.29 is 4.79 Å². The number of ketones is 1. The predicted octanol–water partition coefficient (Wildman–Crippen LogP) is 8.76. The lowest BCUT2D eigenvalue weighted by molar-refractivity contribution is -0.116. The topological polar surface area (TPSA) is 74.4 Å². The largest absolute Gasteiger partial charge is 0.295 e. The molecule has 2 aromatic carbocycles. The molecule has 0 saturated carbocycles. The number of hydrogen-bond acceptors (Lipinski definition) is 3. The van der Waals surface area contributed by atoms with Crippen molar-refractivity contribution in [3.63, 3.8) is 0 Å². The maximum absolute atomic E-state index is 12.1. The molecule has 5 nitrogen and oxygen atoms in total. The molecule has 0 radical (unpaired) electrons. The molecule has 4 aliphatic carbocycles. The van der Waals surface area contributed by atoms with Crippen molar-refractivity contribution >= 4 is 38.7 Å². The van der Waals surface area contributed by atoms with Crippen molar-refractivity contribution in [2.45, 2.75) is 92.9 Å². The van der Waals surface area contributed by atoms with E-state index in [1.54, 1.807) is 11.1 Å². The Morgan fingerprint density at radius 3 is 1.90 bits per heavy atom. The van der Waals surface area contributed by atoms with Gasteiger partial charge in [0.2, 0.25) is 0 Å². The van der Waals surface area contributed by atoms with Gasteiger partial charge >= 0.3 is 0 Å². The van der Waals surface area contributed by atoms with Crippen molar-refractivity contribution in [1.29, 1.82) is 0 Å². The van der Waals surface area contributed by atoms with E-state index in [4.69, 9.17) is 0 Å². The summed E-state index contributed by atoms with van der Waals surface area (Å²) >= 11 is 0. The molecule has 2 aromatic heterocycles. The van der Waals surface area contributed by atoms with Crippen LogP contribution in [0.25, 0.3) is 33.0 Å². The number of H-pyrrole nitrogens is 2. The van der Waals surface area contributed by atoms with Crippen LogP contribution in [0.3, 0.4) is 0 Å². The summed E-state index contributed by atoms with van der Waals surface area (Å²) in [5.74, 6) is 0.323. The van der Waals surface area contributed by atoms with E-state index in [1.165, 1.54) is 76.2 Å². The fourth-order valence-electron chi connectivity index (χ4n) is 8.59. The third kappa shape index (κ3) is 3.62. The van der Waals surface area contributed by atoms with Gasteiger partial charge in [0.05, 0.1) is 23.4 Å². The smallest absolute Gasteiger partial charge is 0.158 e. The highest BCUT2D eigenvalue weighted by Gasteiger charge is 2.46. The highest BCUT2D eigenvalue weighted by Crippen LogP contribution is 2.58. The van der Waals surface area contributed by atoms with Crippen LogP contribution in [0.15, 0.2) is 47.8 Å². The second-order valence-corrected chi connectivity index (χ2v) is 12.4. The third-order valence-corrected chi connectivity index (χ3v) is 10.7. The molecule has 2 heterocycles. The molecular formula is C35H42N4O. The van der Waals surface area contributed by atoms with Crippen LogP contribution in [0, 0.1) is 10.8 Å². The Labute approximate surface area is 237 Å². The SMILES string of the molecule is C.CCC12CCC(=O)C(C)=C1c1ccc3[nH]ncc3c1C2.CCC12CCCC(C)=C1c1ccc3[nH]ncc3c1C2. The maximum atomic E-state index is 12.1. The van der Waals surface area contributed by atoms with Crippen LogP contribution < -0.4 is 0 Å². The van der Waals surface area contributed by atoms with Crippen molar-refractivity contribution in [2.75, 3.05) is 0 Å². The second-order valence-electron chi connectivity index (χ2n) is 12.4. The van der Waals surface area contributed by atoms with Gasteiger partial charge < -0.3 is 0 Å². The van der Waals surface area contributed by atoms with Gasteiger partial charge in [0.25, 0.3) is 0 Å². The summed E-state index contributed by atoms with van der Waals surface area (Å²) < 4.78 is 0. The summed E-state index contributed by atoms with van der Waals surface area (Å²) in [4.78, 5) is 12.1. The summed E-state index contributed by atoms with van der Waals surface area (Å²) in [5, 5.41) is 17.1. The molecule has 5 heteroatoms. The number of aromatic nitrogens is 4. The molecule has 0 aliphatic heterocycles. The fourth-order valence-corrected chi connectivity index (χ4v) is 8.59. The molecule has 40 heavy (non-hydrogen) atoms. The number of allylic oxidation sites excluding steroid dienone is 4. The summed E-state index contributed by atoms with van der Waals surface area (Å²) in [5.41, 5.74) is 14.1. The van der Waals surface area contributed by atoms with Crippen molar-refractivity contribution in [2.24, 2.45) is 10.8 Å². The molecule has 4 aromatic rings. The lowest BCUT2D eigenvalue weighted by Gasteiger charge is -2.35. The van der Waals surface area contributed by atoms with Gasteiger partial charge in [-0.25, -0.2) is 0 Å². The number of fused-ring (bicyclic) bond motifs is 10. The summed E-state index contributed by atoms with van der Waals surface area (Å²) in [6.07, 6.45) is 14.2. The molecule has 0 spiro atoms. The Morgan fingerprint density at radius 2 is 1.32 bits per heavy atom. The van der Waals surface area contributed by atoms with E-state index in [0.717, 1.165) is 30.4 Å². The zero-order valence-electron chi connectivity index (χ0n) is 23.6. The number of Topliss-reactive ketones (excluding diaryl/α,β-unsaturated/α-hetero) is 1. The van der Waals surface area contributed by atoms with E-state index in [2.05, 4.69) is 65.4 Å². The van der Waals surface area contributed by atoms with E-state index in [1.807, 2.05) is 19.3 Å². The summed E-state index contributed by atoms with van der Waals surface area (Å²) in [6.45, 7) is 8.96. The quantitative estimate of drug-likeness (QED) is 0.270. The molecule has 0 amide bonds. The Morgan fingerprint density at radius 1 is 0.775 bits per heavy atom. The Hall–Kier alpha value is -3.47. The van der Waals surface area contributed by atoms with Crippen LogP contribution in [0.4, 0.5) is 0 Å². The number of nitrogens with zero attached hydrogens (tertiary/aromatic N) is 2. The Kier molecular flexibility index (Phi) is 6.40. The van der Waals surface area contributed by atoms with Crippen molar-refractivity contribution in [3.05, 3.63) is 70.1 Å². The zero-order chi connectivity index (χ0) is 26.9. The molecule has 2 N–H and O–H groups in total. The first-order chi connectivity index (χ1) is 18.9. The number of nitrogens with one attached hydrogen (secondary N) is 2. The van der Waals surface area contributed by atoms with Gasteiger partial charge in [-0.2, -0.15) is 10.2 Å². The van der Waals surface area contributed by atoms with Gasteiger partial charge in [-0.05, 0) is 122 Å². The number of rotatable bonds is 2. The average Bonchev–Trinajstić information content (AvgIpc) is 3.73. The highest BCUT2D eigenvalue weighted by molar-refractivity contribution is 6.07. The van der Waals surface area contributed by atoms with Gasteiger partial charge in [-0.15, -0.1) is 0 Å². The molecule has 0 fully saturated rings. The fraction of sp³-hybridized carbons (Fsp3) is 0.457. The van der Waals surface area contributed by atoms with Crippen LogP contribution in [0.5, 0.6) is 0 Å². The number of carbonyl (C=O) groups excluding carboxylic acids is 1. The monoisotopic (exact) mass is 534 g/mol. The minimum Gasteiger partial charge on any atom is -0.295 e. The van der Waals surface area contributed by atoms with E-state index >= 15 is 0 Å². The first-order valence-corrected chi connectivity index (χ1v) is 14.8. The average molecular weight is 535 g/mol. The van der Waals surface area contributed by atoms with Gasteiger partial charge in [0, 0.05) is 22.6 Å². The number of benzene rings is 2.